The minimum atomic E-state index is 0.471. The van der Waals surface area contributed by atoms with Crippen LogP contribution in [0.15, 0.2) is 36.8 Å². The Labute approximate surface area is 88.5 Å². The minimum Gasteiger partial charge on any atom is -0.257 e. The van der Waals surface area contributed by atoms with Crippen molar-refractivity contribution in [1.82, 2.24) is 14.6 Å². The van der Waals surface area contributed by atoms with Crippen LogP contribution in [0.3, 0.4) is 0 Å². The summed E-state index contributed by atoms with van der Waals surface area (Å²) in [6.45, 7) is 0. The Morgan fingerprint density at radius 2 is 2.33 bits per heavy atom. The van der Waals surface area contributed by atoms with Gasteiger partial charge in [-0.3, -0.25) is 4.98 Å². The van der Waals surface area contributed by atoms with Crippen molar-refractivity contribution in [3.63, 3.8) is 0 Å². The molecule has 76 valence electrons. The average molecular weight is 199 g/mol. The fourth-order valence-corrected chi connectivity index (χ4v) is 2.20. The van der Waals surface area contributed by atoms with Crippen LogP contribution in [0.4, 0.5) is 0 Å². The molecule has 2 aromatic rings. The lowest BCUT2D eigenvalue weighted by atomic mass is 9.92. The molecule has 0 spiro atoms. The maximum absolute atomic E-state index is 4.49. The van der Waals surface area contributed by atoms with Gasteiger partial charge in [0.1, 0.15) is 0 Å². The predicted molar refractivity (Wildman–Crippen MR) is 58.7 cm³/mol. The van der Waals surface area contributed by atoms with Crippen molar-refractivity contribution in [1.29, 1.82) is 0 Å². The molecule has 1 aliphatic carbocycles. The number of aromatic nitrogens is 3. The maximum atomic E-state index is 4.49. The number of hydrogen-bond acceptors (Lipinski definition) is 2. The zero-order valence-electron chi connectivity index (χ0n) is 8.50. The van der Waals surface area contributed by atoms with Gasteiger partial charge in [0.05, 0.1) is 17.4 Å². The van der Waals surface area contributed by atoms with Crippen LogP contribution in [0.1, 0.15) is 30.9 Å². The SMILES string of the molecule is C1=CC(c2nccn3nccc23)CCC1. The third-order valence-electron chi connectivity index (χ3n) is 2.96. The summed E-state index contributed by atoms with van der Waals surface area (Å²) in [6.07, 6.45) is 13.8. The van der Waals surface area contributed by atoms with Crippen LogP contribution in [0.25, 0.3) is 5.52 Å². The van der Waals surface area contributed by atoms with E-state index in [-0.39, 0.29) is 0 Å². The Balaban J connectivity index is 2.13. The lowest BCUT2D eigenvalue weighted by Gasteiger charge is -2.16. The van der Waals surface area contributed by atoms with E-state index in [2.05, 4.69) is 22.2 Å². The second kappa shape index (κ2) is 3.50. The van der Waals surface area contributed by atoms with E-state index in [9.17, 15) is 0 Å². The zero-order chi connectivity index (χ0) is 10.1. The summed E-state index contributed by atoms with van der Waals surface area (Å²) in [5.41, 5.74) is 2.29. The van der Waals surface area contributed by atoms with Gasteiger partial charge in [0, 0.05) is 18.3 Å². The number of nitrogens with zero attached hydrogens (tertiary/aromatic N) is 3. The van der Waals surface area contributed by atoms with Crippen LogP contribution < -0.4 is 0 Å². The summed E-state index contributed by atoms with van der Waals surface area (Å²) >= 11 is 0. The molecule has 2 heterocycles. The van der Waals surface area contributed by atoms with Crippen LogP contribution >= 0.6 is 0 Å². The minimum absolute atomic E-state index is 0.471. The molecule has 0 fully saturated rings. The van der Waals surface area contributed by atoms with Gasteiger partial charge in [-0.15, -0.1) is 0 Å². The van der Waals surface area contributed by atoms with Crippen molar-refractivity contribution in [2.45, 2.75) is 25.2 Å². The van der Waals surface area contributed by atoms with Gasteiger partial charge in [-0.25, -0.2) is 4.52 Å². The van der Waals surface area contributed by atoms with Gasteiger partial charge in [0.2, 0.25) is 0 Å². The monoisotopic (exact) mass is 199 g/mol. The van der Waals surface area contributed by atoms with E-state index in [1.54, 1.807) is 0 Å². The summed E-state index contributed by atoms with van der Waals surface area (Å²) in [7, 11) is 0. The molecule has 0 bridgehead atoms. The fraction of sp³-hybridized carbons (Fsp3) is 0.333. The van der Waals surface area contributed by atoms with Crippen molar-refractivity contribution in [3.05, 3.63) is 42.5 Å². The van der Waals surface area contributed by atoms with Crippen LogP contribution in [0.5, 0.6) is 0 Å². The lowest BCUT2D eigenvalue weighted by Crippen LogP contribution is -2.04. The van der Waals surface area contributed by atoms with Crippen molar-refractivity contribution in [2.75, 3.05) is 0 Å². The van der Waals surface area contributed by atoms with E-state index in [1.807, 2.05) is 29.2 Å². The van der Waals surface area contributed by atoms with E-state index in [0.29, 0.717) is 5.92 Å². The Morgan fingerprint density at radius 1 is 1.33 bits per heavy atom. The van der Waals surface area contributed by atoms with Gasteiger partial charge < -0.3 is 0 Å². The quantitative estimate of drug-likeness (QED) is 0.661. The Morgan fingerprint density at radius 3 is 3.20 bits per heavy atom. The molecule has 2 aromatic heterocycles. The molecule has 0 aliphatic heterocycles. The van der Waals surface area contributed by atoms with Crippen molar-refractivity contribution < 1.29 is 0 Å². The highest BCUT2D eigenvalue weighted by Crippen LogP contribution is 2.28. The number of fused-ring (bicyclic) bond motifs is 1. The largest absolute Gasteiger partial charge is 0.257 e. The third kappa shape index (κ3) is 1.44. The van der Waals surface area contributed by atoms with E-state index >= 15 is 0 Å². The molecule has 1 aliphatic rings. The number of hydrogen-bond donors (Lipinski definition) is 0. The average Bonchev–Trinajstić information content (AvgIpc) is 2.78. The first kappa shape index (κ1) is 8.65. The highest BCUT2D eigenvalue weighted by atomic mass is 15.2. The Hall–Kier alpha value is -1.64. The summed E-state index contributed by atoms with van der Waals surface area (Å²) in [5, 5.41) is 4.23. The Bertz CT molecular complexity index is 498. The molecule has 3 nitrogen and oxygen atoms in total. The highest BCUT2D eigenvalue weighted by Gasteiger charge is 2.15. The standard InChI is InChI=1S/C12H13N3/c1-2-4-10(5-3-1)12-11-6-7-14-15(11)9-8-13-12/h2,4,6-10H,1,3,5H2. The smallest absolute Gasteiger partial charge is 0.0883 e. The van der Waals surface area contributed by atoms with Gasteiger partial charge in [-0.05, 0) is 25.3 Å². The van der Waals surface area contributed by atoms with Gasteiger partial charge >= 0.3 is 0 Å². The van der Waals surface area contributed by atoms with E-state index in [1.165, 1.54) is 19.3 Å². The van der Waals surface area contributed by atoms with Crippen LogP contribution in [0.2, 0.25) is 0 Å². The molecular formula is C12H13N3. The topological polar surface area (TPSA) is 30.2 Å². The first-order valence-corrected chi connectivity index (χ1v) is 5.40. The zero-order valence-corrected chi connectivity index (χ0v) is 8.50. The molecule has 0 aromatic carbocycles. The molecule has 1 atom stereocenters. The molecule has 0 radical (unpaired) electrons. The first-order chi connectivity index (χ1) is 7.45. The van der Waals surface area contributed by atoms with E-state index in [4.69, 9.17) is 0 Å². The molecule has 0 saturated heterocycles. The summed E-state index contributed by atoms with van der Waals surface area (Å²) in [5.74, 6) is 0.471. The fourth-order valence-electron chi connectivity index (χ4n) is 2.20. The normalized spacial score (nSPS) is 20.9. The second-order valence-corrected chi connectivity index (χ2v) is 3.94. The molecule has 3 heteroatoms. The van der Waals surface area contributed by atoms with Gasteiger partial charge in [0.25, 0.3) is 0 Å². The molecule has 0 amide bonds. The first-order valence-electron chi connectivity index (χ1n) is 5.40. The van der Waals surface area contributed by atoms with E-state index in [0.717, 1.165) is 11.2 Å². The summed E-state index contributed by atoms with van der Waals surface area (Å²) in [4.78, 5) is 4.49. The molecule has 3 rings (SSSR count). The van der Waals surface area contributed by atoms with Gasteiger partial charge in [-0.2, -0.15) is 5.10 Å². The molecule has 0 N–H and O–H groups in total. The van der Waals surface area contributed by atoms with Gasteiger partial charge in [0.15, 0.2) is 0 Å². The number of rotatable bonds is 1. The molecular weight excluding hydrogens is 186 g/mol. The molecule has 0 saturated carbocycles. The maximum Gasteiger partial charge on any atom is 0.0883 e. The van der Waals surface area contributed by atoms with Crippen LogP contribution in [-0.4, -0.2) is 14.6 Å². The third-order valence-corrected chi connectivity index (χ3v) is 2.96. The summed E-state index contributed by atoms with van der Waals surface area (Å²) < 4.78 is 1.89. The van der Waals surface area contributed by atoms with Crippen molar-refractivity contribution >= 4 is 5.52 Å². The second-order valence-electron chi connectivity index (χ2n) is 3.94. The van der Waals surface area contributed by atoms with E-state index < -0.39 is 0 Å². The van der Waals surface area contributed by atoms with Crippen molar-refractivity contribution in [2.24, 2.45) is 0 Å². The van der Waals surface area contributed by atoms with Crippen molar-refractivity contribution in [3.8, 4) is 0 Å². The lowest BCUT2D eigenvalue weighted by molar-refractivity contribution is 0.641. The predicted octanol–water partition coefficient (Wildman–Crippen LogP) is 2.55. The number of allylic oxidation sites excluding steroid dienone is 2. The van der Waals surface area contributed by atoms with Gasteiger partial charge in [-0.1, -0.05) is 12.2 Å². The molecule has 1 unspecified atom stereocenters. The summed E-state index contributed by atoms with van der Waals surface area (Å²) in [6, 6.07) is 2.03. The van der Waals surface area contributed by atoms with Crippen LogP contribution in [-0.2, 0) is 0 Å². The highest BCUT2D eigenvalue weighted by molar-refractivity contribution is 5.52. The Kier molecular flexibility index (Phi) is 2.02. The van der Waals surface area contributed by atoms with Crippen LogP contribution in [0, 0.1) is 0 Å². The molecule has 15 heavy (non-hydrogen) atoms.